The second-order valence-corrected chi connectivity index (χ2v) is 4.77. The number of carbonyl (C=O) groups excluding carboxylic acids is 1. The summed E-state index contributed by atoms with van der Waals surface area (Å²) < 4.78 is 13.9. The van der Waals surface area contributed by atoms with E-state index >= 15 is 0 Å². The molecule has 0 saturated carbocycles. The predicted octanol–water partition coefficient (Wildman–Crippen LogP) is 1.95. The van der Waals surface area contributed by atoms with E-state index < -0.39 is 0 Å². The summed E-state index contributed by atoms with van der Waals surface area (Å²) in [4.78, 5) is 13.6. The predicted molar refractivity (Wildman–Crippen MR) is 68.9 cm³/mol. The van der Waals surface area contributed by atoms with Crippen molar-refractivity contribution in [3.05, 3.63) is 35.1 Å². The van der Waals surface area contributed by atoms with Crippen LogP contribution in [0, 0.1) is 5.82 Å². The van der Waals surface area contributed by atoms with Crippen LogP contribution < -0.4 is 5.73 Å². The van der Waals surface area contributed by atoms with Crippen LogP contribution in [0.5, 0.6) is 0 Å². The van der Waals surface area contributed by atoms with Crippen LogP contribution in [-0.2, 0) is 6.54 Å². The zero-order chi connectivity index (χ0) is 13.0. The van der Waals surface area contributed by atoms with Crippen molar-refractivity contribution in [3.63, 3.8) is 0 Å². The third kappa shape index (κ3) is 3.15. The van der Waals surface area contributed by atoms with Crippen molar-refractivity contribution in [2.75, 3.05) is 19.6 Å². The summed E-state index contributed by atoms with van der Waals surface area (Å²) in [5, 5.41) is 0. The largest absolute Gasteiger partial charge is 0.324 e. The number of benzene rings is 1. The minimum absolute atomic E-state index is 0.0785. The molecule has 1 aromatic carbocycles. The summed E-state index contributed by atoms with van der Waals surface area (Å²) in [5.41, 5.74) is 6.28. The molecule has 18 heavy (non-hydrogen) atoms. The van der Waals surface area contributed by atoms with Crippen LogP contribution in [0.4, 0.5) is 4.39 Å². The van der Waals surface area contributed by atoms with Crippen molar-refractivity contribution >= 4 is 5.78 Å². The van der Waals surface area contributed by atoms with Crippen LogP contribution in [0.2, 0.25) is 0 Å². The van der Waals surface area contributed by atoms with Crippen molar-refractivity contribution in [2.24, 2.45) is 5.73 Å². The first-order chi connectivity index (χ1) is 8.70. The minimum Gasteiger partial charge on any atom is -0.324 e. The zero-order valence-corrected chi connectivity index (χ0v) is 10.5. The van der Waals surface area contributed by atoms with Gasteiger partial charge in [0, 0.05) is 17.7 Å². The summed E-state index contributed by atoms with van der Waals surface area (Å²) in [6.45, 7) is 2.61. The molecule has 1 fully saturated rings. The highest BCUT2D eigenvalue weighted by Gasteiger charge is 2.14. The molecule has 0 aliphatic carbocycles. The number of likely N-dealkylation sites (tertiary alicyclic amines) is 1. The van der Waals surface area contributed by atoms with E-state index in [0.29, 0.717) is 17.7 Å². The summed E-state index contributed by atoms with van der Waals surface area (Å²) >= 11 is 0. The zero-order valence-electron chi connectivity index (χ0n) is 10.5. The van der Waals surface area contributed by atoms with Gasteiger partial charge in [0.15, 0.2) is 5.78 Å². The van der Waals surface area contributed by atoms with Crippen LogP contribution >= 0.6 is 0 Å². The average Bonchev–Trinajstić information content (AvgIpc) is 2.41. The summed E-state index contributed by atoms with van der Waals surface area (Å²) in [7, 11) is 0. The number of nitrogens with two attached hydrogens (primary N) is 1. The maximum atomic E-state index is 13.9. The lowest BCUT2D eigenvalue weighted by Crippen LogP contribution is -2.29. The Morgan fingerprint density at radius 2 is 2.00 bits per heavy atom. The molecule has 2 N–H and O–H groups in total. The molecule has 98 valence electrons. The molecule has 2 rings (SSSR count). The molecule has 0 amide bonds. The second kappa shape index (κ2) is 6.07. The van der Waals surface area contributed by atoms with E-state index in [9.17, 15) is 9.18 Å². The van der Waals surface area contributed by atoms with E-state index in [1.54, 1.807) is 12.1 Å². The molecule has 4 heteroatoms. The third-order valence-corrected chi connectivity index (χ3v) is 3.40. The molecule has 0 unspecified atom stereocenters. The Morgan fingerprint density at radius 3 is 2.61 bits per heavy atom. The highest BCUT2D eigenvalue weighted by molar-refractivity contribution is 5.97. The minimum atomic E-state index is -0.306. The monoisotopic (exact) mass is 250 g/mol. The Morgan fingerprint density at radius 1 is 1.28 bits per heavy atom. The molecule has 0 aromatic heterocycles. The van der Waals surface area contributed by atoms with Crippen molar-refractivity contribution in [2.45, 2.75) is 25.8 Å². The number of nitrogens with zero attached hydrogens (tertiary/aromatic N) is 1. The first kappa shape index (κ1) is 13.2. The van der Waals surface area contributed by atoms with Crippen LogP contribution in [0.1, 0.15) is 35.2 Å². The van der Waals surface area contributed by atoms with E-state index in [2.05, 4.69) is 4.90 Å². The molecule has 0 spiro atoms. The summed E-state index contributed by atoms with van der Waals surface area (Å²) in [6, 6.07) is 4.67. The number of Topliss-reactive ketones (excluding diaryl/α,β-unsaturated/α-hetero) is 1. The van der Waals surface area contributed by atoms with E-state index in [1.165, 1.54) is 25.3 Å². The Hall–Kier alpha value is -1.26. The number of ketones is 1. The molecular formula is C14H19FN2O. The van der Waals surface area contributed by atoms with Gasteiger partial charge in [0.25, 0.3) is 0 Å². The molecule has 1 aliphatic rings. The lowest BCUT2D eigenvalue weighted by molar-refractivity contribution is 0.100. The highest BCUT2D eigenvalue weighted by atomic mass is 19.1. The van der Waals surface area contributed by atoms with Gasteiger partial charge < -0.3 is 5.73 Å². The van der Waals surface area contributed by atoms with Gasteiger partial charge in [-0.1, -0.05) is 18.6 Å². The van der Waals surface area contributed by atoms with Crippen molar-refractivity contribution < 1.29 is 9.18 Å². The third-order valence-electron chi connectivity index (χ3n) is 3.40. The molecule has 1 aromatic rings. The van der Waals surface area contributed by atoms with Gasteiger partial charge in [-0.2, -0.15) is 0 Å². The van der Waals surface area contributed by atoms with Gasteiger partial charge in [-0.3, -0.25) is 9.69 Å². The first-order valence-electron chi connectivity index (χ1n) is 6.45. The van der Waals surface area contributed by atoms with Crippen molar-refractivity contribution in [3.8, 4) is 0 Å². The highest BCUT2D eigenvalue weighted by Crippen LogP contribution is 2.16. The van der Waals surface area contributed by atoms with E-state index in [0.717, 1.165) is 13.1 Å². The number of piperidine rings is 1. The first-order valence-corrected chi connectivity index (χ1v) is 6.45. The fraction of sp³-hybridized carbons (Fsp3) is 0.500. The Labute approximate surface area is 107 Å². The molecular weight excluding hydrogens is 231 g/mol. The summed E-state index contributed by atoms with van der Waals surface area (Å²) in [6.07, 6.45) is 3.64. The van der Waals surface area contributed by atoms with Gasteiger partial charge in [0.2, 0.25) is 0 Å². The topological polar surface area (TPSA) is 46.3 Å². The van der Waals surface area contributed by atoms with E-state index in [1.807, 2.05) is 0 Å². The normalized spacial score (nSPS) is 16.8. The number of carbonyl (C=O) groups is 1. The molecule has 0 radical (unpaired) electrons. The van der Waals surface area contributed by atoms with Crippen LogP contribution in [0.25, 0.3) is 0 Å². The van der Waals surface area contributed by atoms with Gasteiger partial charge in [0.05, 0.1) is 6.54 Å². The maximum Gasteiger partial charge on any atom is 0.176 e. The number of rotatable bonds is 4. The van der Waals surface area contributed by atoms with Gasteiger partial charge in [-0.25, -0.2) is 4.39 Å². The van der Waals surface area contributed by atoms with Gasteiger partial charge in [0.1, 0.15) is 5.82 Å². The fourth-order valence-corrected chi connectivity index (χ4v) is 2.33. The fourth-order valence-electron chi connectivity index (χ4n) is 2.33. The van der Waals surface area contributed by atoms with Crippen LogP contribution in [-0.4, -0.2) is 30.3 Å². The summed E-state index contributed by atoms with van der Waals surface area (Å²) in [5.74, 6) is -0.529. The number of hydrogen-bond acceptors (Lipinski definition) is 3. The molecule has 0 atom stereocenters. The van der Waals surface area contributed by atoms with E-state index in [-0.39, 0.29) is 18.1 Å². The smallest absolute Gasteiger partial charge is 0.176 e. The van der Waals surface area contributed by atoms with E-state index in [4.69, 9.17) is 5.73 Å². The second-order valence-electron chi connectivity index (χ2n) is 4.77. The van der Waals surface area contributed by atoms with Crippen molar-refractivity contribution in [1.82, 2.24) is 4.90 Å². The molecule has 1 heterocycles. The Balaban J connectivity index is 2.07. The number of hydrogen-bond donors (Lipinski definition) is 1. The Bertz CT molecular complexity index is 428. The van der Waals surface area contributed by atoms with Crippen molar-refractivity contribution in [1.29, 1.82) is 0 Å². The molecule has 1 saturated heterocycles. The molecule has 0 bridgehead atoms. The van der Waals surface area contributed by atoms with Crippen LogP contribution in [0.3, 0.4) is 0 Å². The standard InChI is InChI=1S/C14H19FN2O/c15-13-8-11(14(18)9-16)4-5-12(13)10-17-6-2-1-3-7-17/h4-5,8H,1-3,6-7,9-10,16H2. The molecule has 1 aliphatic heterocycles. The lowest BCUT2D eigenvalue weighted by Gasteiger charge is -2.26. The average molecular weight is 250 g/mol. The van der Waals surface area contributed by atoms with Gasteiger partial charge in [-0.05, 0) is 32.0 Å². The quantitative estimate of drug-likeness (QED) is 0.831. The lowest BCUT2D eigenvalue weighted by atomic mass is 10.1. The molecule has 3 nitrogen and oxygen atoms in total. The maximum absolute atomic E-state index is 13.9. The number of halogens is 1. The van der Waals surface area contributed by atoms with Crippen LogP contribution in [0.15, 0.2) is 18.2 Å². The van der Waals surface area contributed by atoms with Gasteiger partial charge in [-0.15, -0.1) is 0 Å². The Kier molecular flexibility index (Phi) is 4.44. The SMILES string of the molecule is NCC(=O)c1ccc(CN2CCCCC2)c(F)c1. The van der Waals surface area contributed by atoms with Gasteiger partial charge >= 0.3 is 0 Å².